The van der Waals surface area contributed by atoms with Gasteiger partial charge in [0.05, 0.1) is 4.92 Å². The number of hydrogen-bond acceptors (Lipinski definition) is 7. The van der Waals surface area contributed by atoms with Gasteiger partial charge in [0, 0.05) is 23.1 Å². The van der Waals surface area contributed by atoms with Gasteiger partial charge in [0.2, 0.25) is 5.82 Å². The Bertz CT molecular complexity index is 737. The van der Waals surface area contributed by atoms with E-state index in [0.717, 1.165) is 5.56 Å². The predicted molar refractivity (Wildman–Crippen MR) is 75.0 cm³/mol. The number of aromatic nitrogens is 2. The molecular weight excluding hydrogens is 294 g/mol. The Kier molecular flexibility index (Phi) is 3.61. The molecule has 2 aromatic heterocycles. The maximum Gasteiger partial charge on any atom is 0.269 e. The van der Waals surface area contributed by atoms with Crippen LogP contribution < -0.4 is 4.74 Å². The highest BCUT2D eigenvalue weighted by molar-refractivity contribution is 7.08. The average molecular weight is 303 g/mol. The summed E-state index contributed by atoms with van der Waals surface area (Å²) in [6, 6.07) is 7.69. The zero-order valence-electron chi connectivity index (χ0n) is 10.6. The number of nitrogens with zero attached hydrogens (tertiary/aromatic N) is 3. The zero-order valence-corrected chi connectivity index (χ0v) is 11.4. The van der Waals surface area contributed by atoms with Crippen molar-refractivity contribution in [3.05, 3.63) is 57.1 Å². The van der Waals surface area contributed by atoms with Crippen LogP contribution in [0.25, 0.3) is 11.4 Å². The summed E-state index contributed by atoms with van der Waals surface area (Å²) in [7, 11) is 0. The molecule has 0 amide bonds. The first-order valence-electron chi connectivity index (χ1n) is 5.95. The fourth-order valence-corrected chi connectivity index (χ4v) is 2.27. The Morgan fingerprint density at radius 2 is 2.10 bits per heavy atom. The van der Waals surface area contributed by atoms with Gasteiger partial charge in [0.25, 0.3) is 11.6 Å². The predicted octanol–water partition coefficient (Wildman–Crippen LogP) is 3.29. The van der Waals surface area contributed by atoms with Crippen molar-refractivity contribution in [1.82, 2.24) is 10.1 Å². The molecule has 2 heterocycles. The fraction of sp³-hybridized carbons (Fsp3) is 0.0769. The van der Waals surface area contributed by atoms with Crippen molar-refractivity contribution in [2.45, 2.75) is 6.61 Å². The quantitative estimate of drug-likeness (QED) is 0.530. The van der Waals surface area contributed by atoms with Gasteiger partial charge in [-0.25, -0.2) is 0 Å². The van der Waals surface area contributed by atoms with Gasteiger partial charge in [0.1, 0.15) is 5.75 Å². The second-order valence-electron chi connectivity index (χ2n) is 4.06. The summed E-state index contributed by atoms with van der Waals surface area (Å²) < 4.78 is 10.5. The molecule has 0 N–H and O–H groups in total. The van der Waals surface area contributed by atoms with Crippen molar-refractivity contribution < 1.29 is 14.2 Å². The van der Waals surface area contributed by atoms with Crippen LogP contribution in [0.5, 0.6) is 5.75 Å². The summed E-state index contributed by atoms with van der Waals surface area (Å²) in [6.45, 7) is 0.106. The molecule has 0 radical (unpaired) electrons. The molecule has 106 valence electrons. The first kappa shape index (κ1) is 13.3. The molecule has 8 heteroatoms. The topological polar surface area (TPSA) is 91.3 Å². The summed E-state index contributed by atoms with van der Waals surface area (Å²) in [5, 5.41) is 18.3. The average Bonchev–Trinajstić information content (AvgIpc) is 3.16. The van der Waals surface area contributed by atoms with Gasteiger partial charge in [-0.1, -0.05) is 5.16 Å². The van der Waals surface area contributed by atoms with Crippen LogP contribution in [0, 0.1) is 10.1 Å². The van der Waals surface area contributed by atoms with E-state index in [-0.39, 0.29) is 12.3 Å². The van der Waals surface area contributed by atoms with E-state index < -0.39 is 4.92 Å². The Labute approximate surface area is 123 Å². The third-order valence-electron chi connectivity index (χ3n) is 2.66. The second-order valence-corrected chi connectivity index (χ2v) is 4.84. The molecule has 3 aromatic rings. The van der Waals surface area contributed by atoms with E-state index in [0.29, 0.717) is 17.5 Å². The molecule has 1 aromatic carbocycles. The number of ether oxygens (including phenoxy) is 1. The van der Waals surface area contributed by atoms with Gasteiger partial charge in [-0.2, -0.15) is 16.3 Å². The molecule has 0 atom stereocenters. The maximum absolute atomic E-state index is 10.5. The molecule has 0 aliphatic heterocycles. The minimum atomic E-state index is -0.463. The van der Waals surface area contributed by atoms with Crippen molar-refractivity contribution in [1.29, 1.82) is 0 Å². The Hall–Kier alpha value is -2.74. The van der Waals surface area contributed by atoms with Crippen molar-refractivity contribution in [3.63, 3.8) is 0 Å². The van der Waals surface area contributed by atoms with Gasteiger partial charge in [-0.15, -0.1) is 0 Å². The molecule has 0 aliphatic carbocycles. The number of thiophene rings is 1. The molecule has 0 unspecified atom stereocenters. The van der Waals surface area contributed by atoms with Gasteiger partial charge >= 0.3 is 0 Å². The van der Waals surface area contributed by atoms with Crippen molar-refractivity contribution in [2.24, 2.45) is 0 Å². The molecule has 0 bridgehead atoms. The molecule has 21 heavy (non-hydrogen) atoms. The van der Waals surface area contributed by atoms with Crippen molar-refractivity contribution in [2.75, 3.05) is 0 Å². The van der Waals surface area contributed by atoms with E-state index in [1.54, 1.807) is 11.3 Å². The second kappa shape index (κ2) is 5.71. The number of nitro groups is 1. The third-order valence-corrected chi connectivity index (χ3v) is 3.34. The number of benzene rings is 1. The Morgan fingerprint density at radius 3 is 2.76 bits per heavy atom. The van der Waals surface area contributed by atoms with E-state index in [4.69, 9.17) is 9.26 Å². The lowest BCUT2D eigenvalue weighted by molar-refractivity contribution is -0.384. The van der Waals surface area contributed by atoms with Crippen LogP contribution in [0.3, 0.4) is 0 Å². The highest BCUT2D eigenvalue weighted by Crippen LogP contribution is 2.20. The largest absolute Gasteiger partial charge is 0.484 e. The van der Waals surface area contributed by atoms with E-state index in [1.165, 1.54) is 24.3 Å². The number of nitro benzene ring substituents is 1. The van der Waals surface area contributed by atoms with Crippen LogP contribution in [-0.2, 0) is 6.61 Å². The van der Waals surface area contributed by atoms with E-state index in [1.807, 2.05) is 16.8 Å². The maximum atomic E-state index is 10.5. The first-order valence-corrected chi connectivity index (χ1v) is 6.89. The lowest BCUT2D eigenvalue weighted by atomic mass is 10.3. The highest BCUT2D eigenvalue weighted by Gasteiger charge is 2.10. The monoisotopic (exact) mass is 303 g/mol. The molecule has 3 rings (SSSR count). The van der Waals surface area contributed by atoms with Gasteiger partial charge in [0.15, 0.2) is 6.61 Å². The van der Waals surface area contributed by atoms with Gasteiger partial charge < -0.3 is 9.26 Å². The molecule has 0 aliphatic rings. The summed E-state index contributed by atoms with van der Waals surface area (Å²) in [5.74, 6) is 1.35. The molecule has 0 saturated heterocycles. The first-order chi connectivity index (χ1) is 10.2. The summed E-state index contributed by atoms with van der Waals surface area (Å²) in [5.41, 5.74) is 0.908. The molecule has 7 nitrogen and oxygen atoms in total. The van der Waals surface area contributed by atoms with Crippen LogP contribution >= 0.6 is 11.3 Å². The number of hydrogen-bond donors (Lipinski definition) is 0. The lowest BCUT2D eigenvalue weighted by Gasteiger charge is -2.01. The van der Waals surface area contributed by atoms with E-state index in [2.05, 4.69) is 10.1 Å². The minimum Gasteiger partial charge on any atom is -0.484 e. The standard InChI is InChI=1S/C13H9N3O4S/c17-16(18)10-1-3-11(4-2-10)19-7-12-14-13(15-20-12)9-5-6-21-8-9/h1-6,8H,7H2. The molecule has 0 saturated carbocycles. The molecule has 0 fully saturated rings. The van der Waals surface area contributed by atoms with Crippen molar-refractivity contribution >= 4 is 17.0 Å². The van der Waals surface area contributed by atoms with E-state index in [9.17, 15) is 10.1 Å². The van der Waals surface area contributed by atoms with Crippen LogP contribution in [0.2, 0.25) is 0 Å². The summed E-state index contributed by atoms with van der Waals surface area (Å²) in [4.78, 5) is 14.3. The fourth-order valence-electron chi connectivity index (χ4n) is 1.63. The van der Waals surface area contributed by atoms with Crippen LogP contribution in [0.15, 0.2) is 45.6 Å². The smallest absolute Gasteiger partial charge is 0.269 e. The SMILES string of the molecule is O=[N+]([O-])c1ccc(OCc2nc(-c3ccsc3)no2)cc1. The Balaban J connectivity index is 1.64. The number of non-ortho nitro benzene ring substituents is 1. The summed E-state index contributed by atoms with van der Waals surface area (Å²) in [6.07, 6.45) is 0. The van der Waals surface area contributed by atoms with Crippen LogP contribution in [0.4, 0.5) is 5.69 Å². The summed E-state index contributed by atoms with van der Waals surface area (Å²) >= 11 is 1.55. The zero-order chi connectivity index (χ0) is 14.7. The van der Waals surface area contributed by atoms with Crippen molar-refractivity contribution in [3.8, 4) is 17.1 Å². The normalized spacial score (nSPS) is 10.5. The number of rotatable bonds is 5. The molecular formula is C13H9N3O4S. The lowest BCUT2D eigenvalue weighted by Crippen LogP contribution is -1.96. The van der Waals surface area contributed by atoms with Crippen LogP contribution in [-0.4, -0.2) is 15.1 Å². The minimum absolute atomic E-state index is 0.0138. The Morgan fingerprint density at radius 1 is 1.29 bits per heavy atom. The molecule has 0 spiro atoms. The van der Waals surface area contributed by atoms with E-state index >= 15 is 0 Å². The van der Waals surface area contributed by atoms with Crippen LogP contribution in [0.1, 0.15) is 5.89 Å². The third kappa shape index (κ3) is 3.06. The van der Waals surface area contributed by atoms with Gasteiger partial charge in [-0.05, 0) is 23.6 Å². The van der Waals surface area contributed by atoms with Gasteiger partial charge in [-0.3, -0.25) is 10.1 Å². The highest BCUT2D eigenvalue weighted by atomic mass is 32.1.